The van der Waals surface area contributed by atoms with Gasteiger partial charge in [0.05, 0.1) is 30.5 Å². The Hall–Kier alpha value is -3.04. The molecule has 0 atom stereocenters. The van der Waals surface area contributed by atoms with Gasteiger partial charge >= 0.3 is 0 Å². The number of nitrogens with one attached hydrogen (secondary N) is 1. The third-order valence-electron chi connectivity index (χ3n) is 4.23. The van der Waals surface area contributed by atoms with Gasteiger partial charge in [0.15, 0.2) is 6.61 Å². The molecule has 28 heavy (non-hydrogen) atoms. The van der Waals surface area contributed by atoms with E-state index in [1.165, 1.54) is 12.1 Å². The van der Waals surface area contributed by atoms with Crippen molar-refractivity contribution in [3.05, 3.63) is 56.4 Å². The van der Waals surface area contributed by atoms with Crippen molar-refractivity contribution < 1.29 is 14.5 Å². The fourth-order valence-corrected chi connectivity index (χ4v) is 4.73. The number of thiazole rings is 1. The van der Waals surface area contributed by atoms with Crippen molar-refractivity contribution >= 4 is 60.3 Å². The number of hydrogen-bond donors (Lipinski definition) is 1. The summed E-state index contributed by atoms with van der Waals surface area (Å²) in [6, 6.07) is 8.20. The maximum Gasteiger partial charge on any atom is 0.271 e. The van der Waals surface area contributed by atoms with Gasteiger partial charge in [0, 0.05) is 23.6 Å². The molecule has 142 valence electrons. The number of non-ortho nitro benzene ring substituents is 1. The van der Waals surface area contributed by atoms with Crippen LogP contribution in [0.2, 0.25) is 0 Å². The van der Waals surface area contributed by atoms with E-state index in [4.69, 9.17) is 4.74 Å². The topological polar surface area (TPSA) is 94.4 Å². The molecule has 0 spiro atoms. The number of amides is 1. The first-order valence-electron chi connectivity index (χ1n) is 8.37. The van der Waals surface area contributed by atoms with Crippen molar-refractivity contribution in [1.29, 1.82) is 0 Å². The van der Waals surface area contributed by atoms with Crippen LogP contribution in [0.5, 0.6) is 5.75 Å². The van der Waals surface area contributed by atoms with E-state index in [2.05, 4.69) is 10.3 Å². The third kappa shape index (κ3) is 3.41. The Bertz CT molecular complexity index is 1230. The summed E-state index contributed by atoms with van der Waals surface area (Å²) >= 11 is 3.17. The molecule has 0 bridgehead atoms. The lowest BCUT2D eigenvalue weighted by molar-refractivity contribution is -0.384. The number of fused-ring (bicyclic) bond motifs is 3. The lowest BCUT2D eigenvalue weighted by Crippen LogP contribution is -2.20. The van der Waals surface area contributed by atoms with Crippen molar-refractivity contribution in [3.63, 3.8) is 0 Å². The van der Waals surface area contributed by atoms with Crippen LogP contribution < -0.4 is 10.1 Å². The quantitative estimate of drug-likeness (QED) is 0.365. The summed E-state index contributed by atoms with van der Waals surface area (Å²) in [5, 5.41) is 17.5. The minimum Gasteiger partial charge on any atom is -0.483 e. The molecule has 4 aromatic rings. The first-order valence-corrected chi connectivity index (χ1v) is 10.1. The molecule has 0 saturated heterocycles. The number of hydrogen-bond acceptors (Lipinski definition) is 7. The van der Waals surface area contributed by atoms with Gasteiger partial charge in [-0.1, -0.05) is 6.07 Å². The first-order chi connectivity index (χ1) is 13.4. The number of nitro groups is 1. The zero-order chi connectivity index (χ0) is 19.8. The number of nitrogens with zero attached hydrogens (tertiary/aromatic N) is 2. The van der Waals surface area contributed by atoms with E-state index in [0.29, 0.717) is 11.4 Å². The molecule has 2 heterocycles. The van der Waals surface area contributed by atoms with Crippen molar-refractivity contribution in [2.24, 2.45) is 0 Å². The van der Waals surface area contributed by atoms with E-state index in [9.17, 15) is 14.9 Å². The monoisotopic (exact) mass is 413 g/mol. The molecule has 2 aromatic carbocycles. The number of aryl methyl sites for hydroxylation is 2. The van der Waals surface area contributed by atoms with Crippen molar-refractivity contribution in [2.75, 3.05) is 11.9 Å². The summed E-state index contributed by atoms with van der Waals surface area (Å²) in [7, 11) is 0. The van der Waals surface area contributed by atoms with E-state index in [0.717, 1.165) is 30.9 Å². The predicted molar refractivity (Wildman–Crippen MR) is 112 cm³/mol. The van der Waals surface area contributed by atoms with Crippen molar-refractivity contribution in [2.45, 2.75) is 13.8 Å². The molecular weight excluding hydrogens is 398 g/mol. The van der Waals surface area contributed by atoms with E-state index in [-0.39, 0.29) is 18.2 Å². The van der Waals surface area contributed by atoms with E-state index in [1.807, 2.05) is 24.4 Å². The molecule has 1 amide bonds. The van der Waals surface area contributed by atoms with Crippen LogP contribution in [0.3, 0.4) is 0 Å². The fourth-order valence-electron chi connectivity index (χ4n) is 2.89. The molecule has 9 heteroatoms. The maximum atomic E-state index is 12.3. The fraction of sp³-hybridized carbons (Fsp3) is 0.158. The van der Waals surface area contributed by atoms with E-state index >= 15 is 0 Å². The number of ether oxygens (including phenoxy) is 1. The molecule has 0 aliphatic heterocycles. The largest absolute Gasteiger partial charge is 0.483 e. The first kappa shape index (κ1) is 18.3. The number of thiophene rings is 1. The standard InChI is InChI=1S/C19H15N3O4S2/c1-10-3-4-12(22(24)25)7-14(10)21-17(23)9-26-15-8-16-18(20-11(2)28-16)19-13(15)5-6-27-19/h3-8H,9H2,1-2H3,(H,21,23). The van der Waals surface area contributed by atoms with Crippen molar-refractivity contribution in [1.82, 2.24) is 4.98 Å². The zero-order valence-electron chi connectivity index (χ0n) is 15.0. The smallest absolute Gasteiger partial charge is 0.271 e. The van der Waals surface area contributed by atoms with Crippen LogP contribution in [0, 0.1) is 24.0 Å². The van der Waals surface area contributed by atoms with Gasteiger partial charge in [0.1, 0.15) is 5.75 Å². The Balaban J connectivity index is 1.54. The second kappa shape index (κ2) is 7.17. The van der Waals surface area contributed by atoms with Gasteiger partial charge in [-0.05, 0) is 30.9 Å². The average molecular weight is 413 g/mol. The van der Waals surface area contributed by atoms with Gasteiger partial charge in [-0.3, -0.25) is 14.9 Å². The van der Waals surface area contributed by atoms with Crippen LogP contribution in [-0.2, 0) is 4.79 Å². The summed E-state index contributed by atoms with van der Waals surface area (Å²) in [5.41, 5.74) is 2.02. The highest BCUT2D eigenvalue weighted by Gasteiger charge is 2.15. The molecular formula is C19H15N3O4S2. The van der Waals surface area contributed by atoms with Crippen LogP contribution in [0.1, 0.15) is 10.6 Å². The minimum absolute atomic E-state index is 0.0761. The molecule has 0 aliphatic carbocycles. The maximum absolute atomic E-state index is 12.3. The van der Waals surface area contributed by atoms with Crippen LogP contribution in [0.15, 0.2) is 35.7 Å². The molecule has 4 rings (SSSR count). The van der Waals surface area contributed by atoms with Gasteiger partial charge in [-0.2, -0.15) is 0 Å². The predicted octanol–water partition coefficient (Wildman–Crippen LogP) is 5.05. The number of carbonyl (C=O) groups excluding carboxylic acids is 1. The van der Waals surface area contributed by atoms with Crippen LogP contribution in [0.4, 0.5) is 11.4 Å². The molecule has 0 fully saturated rings. The number of rotatable bonds is 5. The Morgan fingerprint density at radius 2 is 2.11 bits per heavy atom. The summed E-state index contributed by atoms with van der Waals surface area (Å²) in [5.74, 6) is 0.242. The van der Waals surface area contributed by atoms with Crippen LogP contribution in [-0.4, -0.2) is 22.4 Å². The average Bonchev–Trinajstić information content (AvgIpc) is 3.27. The molecule has 7 nitrogen and oxygen atoms in total. The van der Waals surface area contributed by atoms with Gasteiger partial charge < -0.3 is 10.1 Å². The zero-order valence-corrected chi connectivity index (χ0v) is 16.6. The highest BCUT2D eigenvalue weighted by atomic mass is 32.1. The minimum atomic E-state index is -0.495. The van der Waals surface area contributed by atoms with Gasteiger partial charge in [-0.25, -0.2) is 4.98 Å². The molecule has 0 radical (unpaired) electrons. The second-order valence-electron chi connectivity index (χ2n) is 6.21. The Morgan fingerprint density at radius 3 is 2.89 bits per heavy atom. The van der Waals surface area contributed by atoms with Crippen LogP contribution >= 0.6 is 22.7 Å². The van der Waals surface area contributed by atoms with E-state index < -0.39 is 4.92 Å². The normalized spacial score (nSPS) is 11.1. The molecule has 0 saturated carbocycles. The molecule has 0 aliphatic rings. The van der Waals surface area contributed by atoms with Gasteiger partial charge in [0.25, 0.3) is 11.6 Å². The van der Waals surface area contributed by atoms with Crippen molar-refractivity contribution in [3.8, 4) is 5.75 Å². The highest BCUT2D eigenvalue weighted by molar-refractivity contribution is 7.21. The molecule has 1 N–H and O–H groups in total. The summed E-state index contributed by atoms with van der Waals surface area (Å²) in [6.45, 7) is 3.53. The second-order valence-corrected chi connectivity index (χ2v) is 8.36. The lowest BCUT2D eigenvalue weighted by atomic mass is 10.2. The number of benzene rings is 2. The third-order valence-corrected chi connectivity index (χ3v) is 6.07. The number of anilines is 1. The summed E-state index contributed by atoms with van der Waals surface area (Å²) < 4.78 is 7.83. The molecule has 0 unspecified atom stereocenters. The SMILES string of the molecule is Cc1nc2c(cc(OCC(=O)Nc3cc([N+](=O)[O-])ccc3C)c3ccsc32)s1. The Labute approximate surface area is 167 Å². The highest BCUT2D eigenvalue weighted by Crippen LogP contribution is 2.38. The summed E-state index contributed by atoms with van der Waals surface area (Å²) in [4.78, 5) is 27.4. The van der Waals surface area contributed by atoms with Gasteiger partial charge in [-0.15, -0.1) is 22.7 Å². The summed E-state index contributed by atoms with van der Waals surface area (Å²) in [6.07, 6.45) is 0. The van der Waals surface area contributed by atoms with Gasteiger partial charge in [0.2, 0.25) is 0 Å². The number of aromatic nitrogens is 1. The number of carbonyl (C=O) groups is 1. The lowest BCUT2D eigenvalue weighted by Gasteiger charge is -2.10. The Morgan fingerprint density at radius 1 is 1.29 bits per heavy atom. The number of nitro benzene ring substituents is 1. The van der Waals surface area contributed by atoms with E-state index in [1.54, 1.807) is 35.7 Å². The Kier molecular flexibility index (Phi) is 4.70. The van der Waals surface area contributed by atoms with Crippen LogP contribution in [0.25, 0.3) is 20.3 Å². The molecule has 2 aromatic heterocycles.